The molecule has 0 unspecified atom stereocenters. The summed E-state index contributed by atoms with van der Waals surface area (Å²) in [5, 5.41) is 0.935. The summed E-state index contributed by atoms with van der Waals surface area (Å²) in [5.74, 6) is -0.722. The fraction of sp³-hybridized carbons (Fsp3) is 0.471. The minimum atomic E-state index is -0.472. The molecule has 5 nitrogen and oxygen atoms in total. The SMILES string of the molecule is O=C(Cn1ccc2ccc(F)cc21)N1CCC2(CC1)OCCO2. The van der Waals surface area contributed by atoms with Gasteiger partial charge in [-0.2, -0.15) is 0 Å². The maximum Gasteiger partial charge on any atom is 0.242 e. The van der Waals surface area contributed by atoms with Crippen molar-refractivity contribution in [3.8, 4) is 0 Å². The van der Waals surface area contributed by atoms with Crippen LogP contribution >= 0.6 is 0 Å². The van der Waals surface area contributed by atoms with Crippen LogP contribution in [0.2, 0.25) is 0 Å². The summed E-state index contributed by atoms with van der Waals surface area (Å²) in [6.07, 6.45) is 3.25. The van der Waals surface area contributed by atoms with Crippen molar-refractivity contribution in [2.45, 2.75) is 25.2 Å². The van der Waals surface area contributed by atoms with Crippen LogP contribution in [0.1, 0.15) is 12.8 Å². The second kappa shape index (κ2) is 5.62. The van der Waals surface area contributed by atoms with Gasteiger partial charge in [-0.3, -0.25) is 4.79 Å². The van der Waals surface area contributed by atoms with Crippen LogP contribution in [0.3, 0.4) is 0 Å². The van der Waals surface area contributed by atoms with Crippen LogP contribution in [0.15, 0.2) is 30.5 Å². The zero-order valence-corrected chi connectivity index (χ0v) is 12.8. The molecule has 0 aliphatic carbocycles. The number of halogens is 1. The predicted molar refractivity (Wildman–Crippen MR) is 82.3 cm³/mol. The summed E-state index contributed by atoms with van der Waals surface area (Å²) in [4.78, 5) is 14.4. The van der Waals surface area contributed by atoms with Gasteiger partial charge < -0.3 is 18.9 Å². The number of nitrogens with zero attached hydrogens (tertiary/aromatic N) is 2. The van der Waals surface area contributed by atoms with E-state index >= 15 is 0 Å². The normalized spacial score (nSPS) is 20.5. The molecule has 0 atom stereocenters. The van der Waals surface area contributed by atoms with Gasteiger partial charge in [-0.25, -0.2) is 4.39 Å². The number of amides is 1. The van der Waals surface area contributed by atoms with Gasteiger partial charge in [0.25, 0.3) is 0 Å². The Balaban J connectivity index is 1.44. The highest BCUT2D eigenvalue weighted by atomic mass is 19.1. The fourth-order valence-corrected chi connectivity index (χ4v) is 3.42. The second-order valence-corrected chi connectivity index (χ2v) is 6.14. The maximum absolute atomic E-state index is 13.4. The van der Waals surface area contributed by atoms with Crippen LogP contribution in [-0.2, 0) is 20.8 Å². The highest BCUT2D eigenvalue weighted by Gasteiger charge is 2.40. The number of carbonyl (C=O) groups excluding carboxylic acids is 1. The van der Waals surface area contributed by atoms with Gasteiger partial charge in [-0.05, 0) is 29.7 Å². The van der Waals surface area contributed by atoms with Gasteiger partial charge in [-0.15, -0.1) is 0 Å². The lowest BCUT2D eigenvalue weighted by Gasteiger charge is -2.37. The molecule has 0 saturated carbocycles. The number of fused-ring (bicyclic) bond motifs is 1. The first kappa shape index (κ1) is 14.7. The summed E-state index contributed by atoms with van der Waals surface area (Å²) in [5.41, 5.74) is 0.745. The van der Waals surface area contributed by atoms with Crippen molar-refractivity contribution in [2.24, 2.45) is 0 Å². The van der Waals surface area contributed by atoms with Crippen LogP contribution < -0.4 is 0 Å². The Bertz CT molecular complexity index is 727. The molecule has 122 valence electrons. The molecule has 1 amide bonds. The molecular formula is C17H19FN2O3. The van der Waals surface area contributed by atoms with Gasteiger partial charge in [0.1, 0.15) is 12.4 Å². The van der Waals surface area contributed by atoms with Gasteiger partial charge >= 0.3 is 0 Å². The van der Waals surface area contributed by atoms with E-state index in [1.54, 1.807) is 10.6 Å². The van der Waals surface area contributed by atoms with Gasteiger partial charge in [0, 0.05) is 32.1 Å². The standard InChI is InChI=1S/C17H19FN2O3/c18-14-2-1-13-3-6-20(15(13)11-14)12-16(21)19-7-4-17(5-8-19)22-9-10-23-17/h1-3,6,11H,4-5,7-10,12H2. The van der Waals surface area contributed by atoms with Gasteiger partial charge in [0.15, 0.2) is 5.79 Å². The number of carbonyl (C=O) groups is 1. The van der Waals surface area contributed by atoms with Crippen LogP contribution in [0.4, 0.5) is 4.39 Å². The highest BCUT2D eigenvalue weighted by Crippen LogP contribution is 2.31. The van der Waals surface area contributed by atoms with Crippen molar-refractivity contribution in [2.75, 3.05) is 26.3 Å². The highest BCUT2D eigenvalue weighted by molar-refractivity contribution is 5.83. The molecule has 2 fully saturated rings. The summed E-state index contributed by atoms with van der Waals surface area (Å²) in [7, 11) is 0. The minimum Gasteiger partial charge on any atom is -0.347 e. The Hall–Kier alpha value is -1.92. The second-order valence-electron chi connectivity index (χ2n) is 6.14. The molecule has 0 N–H and O–H groups in total. The third-order valence-corrected chi connectivity index (χ3v) is 4.73. The maximum atomic E-state index is 13.4. The monoisotopic (exact) mass is 318 g/mol. The fourth-order valence-electron chi connectivity index (χ4n) is 3.42. The number of hydrogen-bond acceptors (Lipinski definition) is 3. The molecule has 2 saturated heterocycles. The largest absolute Gasteiger partial charge is 0.347 e. The van der Waals surface area contributed by atoms with E-state index in [1.165, 1.54) is 12.1 Å². The number of rotatable bonds is 2. The summed E-state index contributed by atoms with van der Waals surface area (Å²) in [6, 6.07) is 6.52. The van der Waals surface area contributed by atoms with Crippen LogP contribution in [0, 0.1) is 5.82 Å². The molecule has 4 rings (SSSR count). The molecule has 0 radical (unpaired) electrons. The van der Waals surface area contributed by atoms with E-state index in [0.717, 1.165) is 10.9 Å². The van der Waals surface area contributed by atoms with E-state index in [2.05, 4.69) is 0 Å². The Morgan fingerprint density at radius 1 is 1.17 bits per heavy atom. The van der Waals surface area contributed by atoms with Crippen LogP contribution in [0.5, 0.6) is 0 Å². The average molecular weight is 318 g/mol. The van der Waals surface area contributed by atoms with Crippen molar-refractivity contribution in [3.05, 3.63) is 36.3 Å². The Labute approximate surface area is 133 Å². The first-order valence-corrected chi connectivity index (χ1v) is 7.95. The quantitative estimate of drug-likeness (QED) is 0.852. The molecule has 0 bridgehead atoms. The molecule has 2 aliphatic rings. The molecule has 2 aromatic rings. The van der Waals surface area contributed by atoms with E-state index in [0.29, 0.717) is 39.1 Å². The Morgan fingerprint density at radius 2 is 1.91 bits per heavy atom. The molecule has 1 aromatic carbocycles. The molecule has 23 heavy (non-hydrogen) atoms. The van der Waals surface area contributed by atoms with E-state index < -0.39 is 5.79 Å². The topological polar surface area (TPSA) is 43.7 Å². The molecule has 1 spiro atoms. The van der Waals surface area contributed by atoms with Crippen molar-refractivity contribution < 1.29 is 18.7 Å². The Morgan fingerprint density at radius 3 is 2.65 bits per heavy atom. The lowest BCUT2D eigenvalue weighted by atomic mass is 10.0. The van der Waals surface area contributed by atoms with Crippen molar-refractivity contribution in [3.63, 3.8) is 0 Å². The number of aromatic nitrogens is 1. The van der Waals surface area contributed by atoms with Crippen molar-refractivity contribution in [1.82, 2.24) is 9.47 Å². The van der Waals surface area contributed by atoms with E-state index in [1.807, 2.05) is 17.2 Å². The zero-order chi connectivity index (χ0) is 15.9. The summed E-state index contributed by atoms with van der Waals surface area (Å²) >= 11 is 0. The number of ether oxygens (including phenoxy) is 2. The molecule has 6 heteroatoms. The molecular weight excluding hydrogens is 299 g/mol. The average Bonchev–Trinajstić information content (AvgIpc) is 3.16. The van der Waals surface area contributed by atoms with E-state index in [4.69, 9.17) is 9.47 Å². The molecule has 3 heterocycles. The van der Waals surface area contributed by atoms with Gasteiger partial charge in [0.2, 0.25) is 5.91 Å². The Kier molecular flexibility index (Phi) is 3.58. The molecule has 1 aromatic heterocycles. The van der Waals surface area contributed by atoms with Crippen LogP contribution in [-0.4, -0.2) is 47.5 Å². The van der Waals surface area contributed by atoms with Crippen LogP contribution in [0.25, 0.3) is 10.9 Å². The molecule has 2 aliphatic heterocycles. The zero-order valence-electron chi connectivity index (χ0n) is 12.8. The number of benzene rings is 1. The number of hydrogen-bond donors (Lipinski definition) is 0. The predicted octanol–water partition coefficient (Wildman–Crippen LogP) is 2.15. The number of piperidine rings is 1. The third-order valence-electron chi connectivity index (χ3n) is 4.73. The minimum absolute atomic E-state index is 0.0413. The smallest absolute Gasteiger partial charge is 0.242 e. The lowest BCUT2D eigenvalue weighted by molar-refractivity contribution is -0.187. The van der Waals surface area contributed by atoms with E-state index in [9.17, 15) is 9.18 Å². The first-order chi connectivity index (χ1) is 11.2. The van der Waals surface area contributed by atoms with Crippen molar-refractivity contribution >= 4 is 16.8 Å². The summed E-state index contributed by atoms with van der Waals surface area (Å²) in [6.45, 7) is 2.75. The number of likely N-dealkylation sites (tertiary alicyclic amines) is 1. The lowest BCUT2D eigenvalue weighted by Crippen LogP contribution is -2.48. The van der Waals surface area contributed by atoms with Crippen molar-refractivity contribution in [1.29, 1.82) is 0 Å². The summed E-state index contributed by atoms with van der Waals surface area (Å²) < 4.78 is 26.6. The van der Waals surface area contributed by atoms with E-state index in [-0.39, 0.29) is 18.3 Å². The first-order valence-electron chi connectivity index (χ1n) is 7.95. The van der Waals surface area contributed by atoms with Gasteiger partial charge in [0.05, 0.1) is 18.7 Å². The van der Waals surface area contributed by atoms with Gasteiger partial charge in [-0.1, -0.05) is 0 Å². The third kappa shape index (κ3) is 2.72.